The minimum atomic E-state index is -0.471. The van der Waals surface area contributed by atoms with Crippen molar-refractivity contribution in [1.82, 2.24) is 0 Å². The Balaban J connectivity index is 1.91. The van der Waals surface area contributed by atoms with E-state index in [2.05, 4.69) is 0 Å². The van der Waals surface area contributed by atoms with Gasteiger partial charge in [0.15, 0.2) is 0 Å². The van der Waals surface area contributed by atoms with E-state index in [9.17, 15) is 15.2 Å². The maximum atomic E-state index is 10.5. The molecule has 19 heavy (non-hydrogen) atoms. The van der Waals surface area contributed by atoms with E-state index in [4.69, 9.17) is 4.74 Å². The minimum Gasteiger partial charge on any atom is -0.393 e. The molecule has 1 fully saturated rings. The van der Waals surface area contributed by atoms with Crippen molar-refractivity contribution in [2.24, 2.45) is 0 Å². The van der Waals surface area contributed by atoms with Crippen LogP contribution >= 0.6 is 0 Å². The molecule has 1 unspecified atom stereocenters. The van der Waals surface area contributed by atoms with E-state index in [1.807, 2.05) is 0 Å². The normalized spacial score (nSPS) is 18.6. The van der Waals surface area contributed by atoms with Crippen molar-refractivity contribution in [2.75, 3.05) is 7.11 Å². The summed E-state index contributed by atoms with van der Waals surface area (Å²) in [6, 6.07) is 6.33. The van der Waals surface area contributed by atoms with Gasteiger partial charge in [-0.15, -0.1) is 0 Å². The van der Waals surface area contributed by atoms with Crippen LogP contribution in [0, 0.1) is 10.1 Å². The van der Waals surface area contributed by atoms with Crippen molar-refractivity contribution in [3.05, 3.63) is 39.9 Å². The quantitative estimate of drug-likeness (QED) is 0.633. The molecule has 1 N–H and O–H groups in total. The second-order valence-corrected chi connectivity index (χ2v) is 5.23. The Bertz CT molecular complexity index is 434. The van der Waals surface area contributed by atoms with E-state index in [0.717, 1.165) is 24.8 Å². The molecule has 0 amide bonds. The topological polar surface area (TPSA) is 72.6 Å². The highest BCUT2D eigenvalue weighted by Gasteiger charge is 2.38. The Labute approximate surface area is 112 Å². The zero-order valence-electron chi connectivity index (χ0n) is 11.0. The maximum absolute atomic E-state index is 10.5. The first-order valence-corrected chi connectivity index (χ1v) is 6.51. The minimum absolute atomic E-state index is 0.0746. The van der Waals surface area contributed by atoms with Gasteiger partial charge < -0.3 is 9.84 Å². The molecule has 0 bridgehead atoms. The van der Waals surface area contributed by atoms with Gasteiger partial charge in [0.25, 0.3) is 5.69 Å². The molecular formula is C14H19NO4. The lowest BCUT2D eigenvalue weighted by Crippen LogP contribution is -2.42. The first kappa shape index (κ1) is 14.0. The maximum Gasteiger partial charge on any atom is 0.269 e. The summed E-state index contributed by atoms with van der Waals surface area (Å²) in [5.74, 6) is 0. The molecule has 0 aliphatic heterocycles. The van der Waals surface area contributed by atoms with Gasteiger partial charge in [0.05, 0.1) is 16.6 Å². The van der Waals surface area contributed by atoms with E-state index in [1.165, 1.54) is 12.1 Å². The predicted octanol–water partition coefficient (Wildman–Crippen LogP) is 2.46. The van der Waals surface area contributed by atoms with Gasteiger partial charge in [-0.2, -0.15) is 0 Å². The van der Waals surface area contributed by atoms with Gasteiger partial charge in [0.2, 0.25) is 0 Å². The van der Waals surface area contributed by atoms with Crippen LogP contribution in [0.3, 0.4) is 0 Å². The number of aliphatic hydroxyl groups excluding tert-OH is 1. The van der Waals surface area contributed by atoms with Crippen LogP contribution in [0.15, 0.2) is 24.3 Å². The summed E-state index contributed by atoms with van der Waals surface area (Å²) in [6.45, 7) is 0. The third kappa shape index (κ3) is 3.30. The number of nitro groups is 1. The third-order valence-electron chi connectivity index (χ3n) is 3.92. The number of benzene rings is 1. The van der Waals surface area contributed by atoms with Crippen LogP contribution in [0.4, 0.5) is 5.69 Å². The molecule has 0 aromatic heterocycles. The van der Waals surface area contributed by atoms with Crippen LogP contribution in [-0.4, -0.2) is 28.8 Å². The molecule has 1 aromatic rings. The summed E-state index contributed by atoms with van der Waals surface area (Å²) < 4.78 is 5.48. The summed E-state index contributed by atoms with van der Waals surface area (Å²) in [7, 11) is 1.69. The number of aliphatic hydroxyl groups is 1. The second-order valence-electron chi connectivity index (χ2n) is 5.23. The van der Waals surface area contributed by atoms with E-state index in [0.29, 0.717) is 12.8 Å². The van der Waals surface area contributed by atoms with Crippen LogP contribution in [0.25, 0.3) is 0 Å². The smallest absolute Gasteiger partial charge is 0.269 e. The molecule has 0 heterocycles. The fraction of sp³-hybridized carbons (Fsp3) is 0.571. The largest absolute Gasteiger partial charge is 0.393 e. The number of ether oxygens (including phenoxy) is 1. The number of hydrogen-bond donors (Lipinski definition) is 1. The standard InChI is InChI=1S/C14H19NO4/c1-19-14(7-2-8-14)10-13(16)9-11-3-5-12(6-4-11)15(17)18/h3-6,13,16H,2,7-10H2,1H3. The molecule has 104 valence electrons. The van der Waals surface area contributed by atoms with Crippen molar-refractivity contribution in [2.45, 2.75) is 43.8 Å². The summed E-state index contributed by atoms with van der Waals surface area (Å²) in [6.07, 6.45) is 3.81. The molecule has 2 rings (SSSR count). The van der Waals surface area contributed by atoms with Crippen LogP contribution in [0.1, 0.15) is 31.2 Å². The van der Waals surface area contributed by atoms with Crippen molar-refractivity contribution in [3.8, 4) is 0 Å². The fourth-order valence-corrected chi connectivity index (χ4v) is 2.59. The Morgan fingerprint density at radius 1 is 1.42 bits per heavy atom. The van der Waals surface area contributed by atoms with Gasteiger partial charge in [-0.05, 0) is 31.2 Å². The predicted molar refractivity (Wildman–Crippen MR) is 71.0 cm³/mol. The molecule has 1 aliphatic carbocycles. The lowest BCUT2D eigenvalue weighted by Gasteiger charge is -2.41. The molecule has 5 heteroatoms. The van der Waals surface area contributed by atoms with E-state index < -0.39 is 11.0 Å². The molecule has 1 atom stereocenters. The Morgan fingerprint density at radius 3 is 2.47 bits per heavy atom. The highest BCUT2D eigenvalue weighted by molar-refractivity contribution is 5.33. The number of hydrogen-bond acceptors (Lipinski definition) is 4. The highest BCUT2D eigenvalue weighted by Crippen LogP contribution is 2.39. The monoisotopic (exact) mass is 265 g/mol. The Kier molecular flexibility index (Phi) is 4.17. The van der Waals surface area contributed by atoms with Crippen molar-refractivity contribution in [1.29, 1.82) is 0 Å². The summed E-state index contributed by atoms with van der Waals surface area (Å²) in [5, 5.41) is 20.6. The fourth-order valence-electron chi connectivity index (χ4n) is 2.59. The highest BCUT2D eigenvalue weighted by atomic mass is 16.6. The molecule has 1 saturated carbocycles. The SMILES string of the molecule is COC1(CC(O)Cc2ccc([N+](=O)[O-])cc2)CCC1. The van der Waals surface area contributed by atoms with Crippen LogP contribution in [-0.2, 0) is 11.2 Å². The van der Waals surface area contributed by atoms with Crippen LogP contribution in [0.5, 0.6) is 0 Å². The van der Waals surface area contributed by atoms with Crippen molar-refractivity contribution >= 4 is 5.69 Å². The molecule has 0 spiro atoms. The van der Waals surface area contributed by atoms with Crippen LogP contribution < -0.4 is 0 Å². The Hall–Kier alpha value is -1.46. The summed E-state index contributed by atoms with van der Waals surface area (Å²) >= 11 is 0. The van der Waals surface area contributed by atoms with Crippen molar-refractivity contribution < 1.29 is 14.8 Å². The third-order valence-corrected chi connectivity index (χ3v) is 3.92. The first-order chi connectivity index (χ1) is 9.04. The number of methoxy groups -OCH3 is 1. The van der Waals surface area contributed by atoms with Crippen molar-refractivity contribution in [3.63, 3.8) is 0 Å². The van der Waals surface area contributed by atoms with Gasteiger partial charge in [-0.25, -0.2) is 0 Å². The molecule has 1 aliphatic rings. The van der Waals surface area contributed by atoms with Gasteiger partial charge in [0.1, 0.15) is 0 Å². The zero-order chi connectivity index (χ0) is 13.9. The second kappa shape index (κ2) is 5.67. The summed E-state index contributed by atoms with van der Waals surface area (Å²) in [5.41, 5.74) is 0.828. The average molecular weight is 265 g/mol. The van der Waals surface area contributed by atoms with Gasteiger partial charge in [0, 0.05) is 25.7 Å². The number of nitro benzene ring substituents is 1. The molecule has 0 radical (unpaired) electrons. The molecule has 5 nitrogen and oxygen atoms in total. The van der Waals surface area contributed by atoms with E-state index in [1.54, 1.807) is 19.2 Å². The van der Waals surface area contributed by atoms with E-state index >= 15 is 0 Å². The zero-order valence-corrected chi connectivity index (χ0v) is 11.0. The number of non-ortho nitro benzene ring substituents is 1. The lowest BCUT2D eigenvalue weighted by atomic mass is 9.75. The summed E-state index contributed by atoms with van der Waals surface area (Å²) in [4.78, 5) is 10.1. The number of nitrogens with zero attached hydrogens (tertiary/aromatic N) is 1. The average Bonchev–Trinajstić information content (AvgIpc) is 2.34. The molecular weight excluding hydrogens is 246 g/mol. The van der Waals surface area contributed by atoms with Gasteiger partial charge >= 0.3 is 0 Å². The van der Waals surface area contributed by atoms with Gasteiger partial charge in [-0.3, -0.25) is 10.1 Å². The first-order valence-electron chi connectivity index (χ1n) is 6.51. The molecule has 0 saturated heterocycles. The Morgan fingerprint density at radius 2 is 2.05 bits per heavy atom. The number of rotatable bonds is 6. The molecule has 1 aromatic carbocycles. The van der Waals surface area contributed by atoms with Crippen LogP contribution in [0.2, 0.25) is 0 Å². The van der Waals surface area contributed by atoms with Gasteiger partial charge in [-0.1, -0.05) is 12.1 Å². The lowest BCUT2D eigenvalue weighted by molar-refractivity contribution is -0.384. The van der Waals surface area contributed by atoms with E-state index in [-0.39, 0.29) is 11.3 Å².